The van der Waals surface area contributed by atoms with Gasteiger partial charge in [-0.3, -0.25) is 4.79 Å². The van der Waals surface area contributed by atoms with Gasteiger partial charge in [0.1, 0.15) is 0 Å². The molecule has 0 saturated heterocycles. The fourth-order valence-electron chi connectivity index (χ4n) is 3.87. The molecule has 1 amide bonds. The van der Waals surface area contributed by atoms with E-state index in [9.17, 15) is 15.0 Å². The molecular weight excluding hydrogens is 380 g/mol. The van der Waals surface area contributed by atoms with E-state index in [1.54, 1.807) is 18.3 Å². The zero-order valence-corrected chi connectivity index (χ0v) is 16.7. The smallest absolute Gasteiger partial charge is 0.254 e. The Hall–Kier alpha value is -3.03. The molecule has 1 aliphatic rings. The Kier molecular flexibility index (Phi) is 6.21. The minimum Gasteiger partial charge on any atom is -0.394 e. The Balaban J connectivity index is 1.56. The molecule has 4 rings (SSSR count). The van der Waals surface area contributed by atoms with Crippen molar-refractivity contribution in [2.24, 2.45) is 0 Å². The van der Waals surface area contributed by atoms with Crippen molar-refractivity contribution in [3.05, 3.63) is 65.9 Å². The van der Waals surface area contributed by atoms with Gasteiger partial charge < -0.3 is 20.8 Å². The lowest BCUT2D eigenvalue weighted by Crippen LogP contribution is -2.31. The first kappa shape index (κ1) is 20.3. The van der Waals surface area contributed by atoms with Gasteiger partial charge in [0, 0.05) is 17.6 Å². The molecule has 1 heterocycles. The lowest BCUT2D eigenvalue weighted by atomic mass is 9.93. The fourth-order valence-corrected chi connectivity index (χ4v) is 3.87. The van der Waals surface area contributed by atoms with Crippen LogP contribution in [-0.4, -0.2) is 44.8 Å². The van der Waals surface area contributed by atoms with Crippen molar-refractivity contribution in [1.29, 1.82) is 0 Å². The number of nitrogens with one attached hydrogen (secondary N) is 2. The molecule has 2 aromatic carbocycles. The third kappa shape index (κ3) is 4.58. The van der Waals surface area contributed by atoms with Gasteiger partial charge in [0.25, 0.3) is 5.91 Å². The van der Waals surface area contributed by atoms with Crippen LogP contribution in [0, 0.1) is 0 Å². The van der Waals surface area contributed by atoms with Gasteiger partial charge in [-0.2, -0.15) is 0 Å². The Morgan fingerprint density at radius 1 is 1.07 bits per heavy atom. The highest BCUT2D eigenvalue weighted by atomic mass is 16.3. The third-order valence-corrected chi connectivity index (χ3v) is 5.58. The molecule has 7 nitrogen and oxygen atoms in total. The Morgan fingerprint density at radius 3 is 2.57 bits per heavy atom. The van der Waals surface area contributed by atoms with E-state index in [-0.39, 0.29) is 24.7 Å². The molecule has 1 saturated carbocycles. The van der Waals surface area contributed by atoms with Crippen LogP contribution in [0.3, 0.4) is 0 Å². The van der Waals surface area contributed by atoms with Crippen molar-refractivity contribution >= 4 is 22.8 Å². The molecule has 1 aromatic heterocycles. The summed E-state index contributed by atoms with van der Waals surface area (Å²) in [6, 6.07) is 14.5. The fraction of sp³-hybridized carbons (Fsp3) is 0.348. The number of hydrogen-bond acceptors (Lipinski definition) is 6. The molecule has 1 aliphatic carbocycles. The third-order valence-electron chi connectivity index (χ3n) is 5.58. The average molecular weight is 406 g/mol. The molecular formula is C23H26N4O3. The van der Waals surface area contributed by atoms with Gasteiger partial charge in [-0.25, -0.2) is 9.97 Å². The first-order valence-corrected chi connectivity index (χ1v) is 10.3. The minimum absolute atomic E-state index is 0.199. The van der Waals surface area contributed by atoms with E-state index < -0.39 is 6.04 Å². The molecule has 30 heavy (non-hydrogen) atoms. The molecule has 156 valence electrons. The zero-order valence-electron chi connectivity index (χ0n) is 16.7. The highest BCUT2D eigenvalue weighted by Gasteiger charge is 2.21. The summed E-state index contributed by atoms with van der Waals surface area (Å²) in [5.74, 6) is 0.180. The maximum atomic E-state index is 13.0. The predicted molar refractivity (Wildman–Crippen MR) is 115 cm³/mol. The number of nitrogens with zero attached hydrogens (tertiary/aromatic N) is 2. The molecule has 0 bridgehead atoms. The van der Waals surface area contributed by atoms with Crippen LogP contribution < -0.4 is 10.6 Å². The van der Waals surface area contributed by atoms with Crippen LogP contribution in [0.15, 0.2) is 54.7 Å². The maximum Gasteiger partial charge on any atom is 0.254 e. The lowest BCUT2D eigenvalue weighted by Gasteiger charge is -2.26. The van der Waals surface area contributed by atoms with Gasteiger partial charge in [-0.1, -0.05) is 42.5 Å². The van der Waals surface area contributed by atoms with Crippen LogP contribution in [0.25, 0.3) is 10.9 Å². The second-order valence-corrected chi connectivity index (χ2v) is 7.71. The molecule has 3 aromatic rings. The van der Waals surface area contributed by atoms with Crippen LogP contribution in [0.5, 0.6) is 0 Å². The summed E-state index contributed by atoms with van der Waals surface area (Å²) in [5, 5.41) is 26.5. The molecule has 0 radical (unpaired) electrons. The molecule has 0 aliphatic heterocycles. The number of hydrogen-bond donors (Lipinski definition) is 4. The average Bonchev–Trinajstić information content (AvgIpc) is 2.79. The van der Waals surface area contributed by atoms with Crippen LogP contribution >= 0.6 is 0 Å². The number of rotatable bonds is 6. The summed E-state index contributed by atoms with van der Waals surface area (Å²) in [5.41, 5.74) is 1.84. The highest BCUT2D eigenvalue weighted by molar-refractivity contribution is 6.05. The van der Waals surface area contributed by atoms with Gasteiger partial charge in [-0.15, -0.1) is 0 Å². The van der Waals surface area contributed by atoms with Crippen LogP contribution in [0.2, 0.25) is 0 Å². The van der Waals surface area contributed by atoms with Crippen LogP contribution in [0.4, 0.5) is 5.95 Å². The van der Waals surface area contributed by atoms with Gasteiger partial charge >= 0.3 is 0 Å². The standard InChI is InChI=1S/C23H26N4O3/c28-14-20(15-5-2-1-3-6-15)26-22(30)19-8-4-7-16-13-24-23(27-21(16)19)25-17-9-11-18(29)12-10-17/h1-8,13,17-18,20,28-29H,9-12,14H2,(H,26,30)(H,24,25,27)/t17-,18-,20-/m1/s1. The second kappa shape index (κ2) is 9.19. The number of fused-ring (bicyclic) bond motifs is 1. The Bertz CT molecular complexity index is 1000. The number of anilines is 1. The van der Waals surface area contributed by atoms with Crippen LogP contribution in [0.1, 0.15) is 47.6 Å². The Labute approximate surface area is 175 Å². The van der Waals surface area contributed by atoms with Crippen molar-refractivity contribution in [3.63, 3.8) is 0 Å². The molecule has 0 unspecified atom stereocenters. The highest BCUT2D eigenvalue weighted by Crippen LogP contribution is 2.23. The quantitative estimate of drug-likeness (QED) is 0.501. The summed E-state index contributed by atoms with van der Waals surface area (Å²) in [6.45, 7) is -0.199. The van der Waals surface area contributed by atoms with Crippen molar-refractivity contribution < 1.29 is 15.0 Å². The summed E-state index contributed by atoms with van der Waals surface area (Å²) in [6.07, 6.45) is 4.74. The number of aliphatic hydroxyl groups excluding tert-OH is 2. The van der Waals surface area contributed by atoms with Gasteiger partial charge in [0.2, 0.25) is 5.95 Å². The van der Waals surface area contributed by atoms with Crippen LogP contribution in [-0.2, 0) is 0 Å². The van der Waals surface area contributed by atoms with Gasteiger partial charge in [0.05, 0.1) is 29.8 Å². The van der Waals surface area contributed by atoms with E-state index in [0.29, 0.717) is 17.0 Å². The van der Waals surface area contributed by atoms with E-state index in [1.165, 1.54) is 0 Å². The molecule has 0 spiro atoms. The monoisotopic (exact) mass is 406 g/mol. The van der Waals surface area contributed by atoms with Gasteiger partial charge in [-0.05, 0) is 37.3 Å². The van der Waals surface area contributed by atoms with E-state index >= 15 is 0 Å². The number of para-hydroxylation sites is 1. The van der Waals surface area contributed by atoms with Crippen molar-refractivity contribution in [1.82, 2.24) is 15.3 Å². The number of aromatic nitrogens is 2. The molecule has 1 atom stereocenters. The molecule has 4 N–H and O–H groups in total. The normalized spacial score (nSPS) is 19.9. The number of amides is 1. The minimum atomic E-state index is -0.498. The van der Waals surface area contributed by atoms with Crippen molar-refractivity contribution in [3.8, 4) is 0 Å². The van der Waals surface area contributed by atoms with Crippen molar-refractivity contribution in [2.75, 3.05) is 11.9 Å². The van der Waals surface area contributed by atoms with E-state index in [0.717, 1.165) is 36.6 Å². The van der Waals surface area contributed by atoms with E-state index in [4.69, 9.17) is 0 Å². The summed E-state index contributed by atoms with van der Waals surface area (Å²) < 4.78 is 0. The number of aliphatic hydroxyl groups is 2. The van der Waals surface area contributed by atoms with Crippen molar-refractivity contribution in [2.45, 2.75) is 43.9 Å². The zero-order chi connectivity index (χ0) is 20.9. The van der Waals surface area contributed by atoms with Gasteiger partial charge in [0.15, 0.2) is 0 Å². The summed E-state index contributed by atoms with van der Waals surface area (Å²) in [4.78, 5) is 22.0. The number of carbonyl (C=O) groups is 1. The summed E-state index contributed by atoms with van der Waals surface area (Å²) in [7, 11) is 0. The topological polar surface area (TPSA) is 107 Å². The first-order valence-electron chi connectivity index (χ1n) is 10.3. The molecule has 7 heteroatoms. The van der Waals surface area contributed by atoms with E-state index in [1.807, 2.05) is 36.4 Å². The molecule has 1 fully saturated rings. The largest absolute Gasteiger partial charge is 0.394 e. The van der Waals surface area contributed by atoms with E-state index in [2.05, 4.69) is 20.6 Å². The summed E-state index contributed by atoms with van der Waals surface area (Å²) >= 11 is 0. The maximum absolute atomic E-state index is 13.0. The predicted octanol–water partition coefficient (Wildman–Crippen LogP) is 2.81. The first-order chi connectivity index (χ1) is 14.6. The second-order valence-electron chi connectivity index (χ2n) is 7.71. The SMILES string of the molecule is O=C(N[C@H](CO)c1ccccc1)c1cccc2cnc(N[C@H]3CC[C@H](O)CC3)nc12. The lowest BCUT2D eigenvalue weighted by molar-refractivity contribution is 0.0917. The Morgan fingerprint density at radius 2 is 1.83 bits per heavy atom. The number of benzene rings is 2. The number of carbonyl (C=O) groups excluding carboxylic acids is 1.